The Hall–Kier alpha value is -1.04. The second kappa shape index (κ2) is 3.84. The molecule has 7 heteroatoms. The molecule has 3 atom stereocenters. The molecule has 2 saturated heterocycles. The summed E-state index contributed by atoms with van der Waals surface area (Å²) >= 11 is 5.82. The van der Waals surface area contributed by atoms with E-state index in [1.807, 2.05) is 0 Å². The number of alkyl halides is 1. The lowest BCUT2D eigenvalue weighted by molar-refractivity contribution is -0.770. The molecule has 0 aromatic rings. The summed E-state index contributed by atoms with van der Waals surface area (Å²) in [6, 6.07) is -0.223. The van der Waals surface area contributed by atoms with Gasteiger partial charge in [0.2, 0.25) is 5.91 Å². The van der Waals surface area contributed by atoms with Gasteiger partial charge in [-0.05, 0) is 19.3 Å². The minimum absolute atomic E-state index is 0.127. The first-order valence-corrected chi connectivity index (χ1v) is 5.29. The summed E-state index contributed by atoms with van der Waals surface area (Å²) in [6.45, 7) is 0.629. The van der Waals surface area contributed by atoms with Crippen LogP contribution in [0.5, 0.6) is 0 Å². The minimum atomic E-state index is -0.791. The third-order valence-electron chi connectivity index (χ3n) is 2.94. The standard InChI is InChI=1S/C8H11ClN2O4/c9-5-4-6-7(15-11(13)14)2-1-3-10(6)8(5)12/h5-7H,1-4H2/t5-,6+,7-/m1/s1. The van der Waals surface area contributed by atoms with Crippen molar-refractivity contribution in [1.29, 1.82) is 0 Å². The van der Waals surface area contributed by atoms with E-state index in [9.17, 15) is 14.9 Å². The molecule has 0 N–H and O–H groups in total. The number of hydrogen-bond acceptors (Lipinski definition) is 4. The van der Waals surface area contributed by atoms with Crippen molar-refractivity contribution in [1.82, 2.24) is 4.90 Å². The number of hydrogen-bond donors (Lipinski definition) is 0. The molecule has 6 nitrogen and oxygen atoms in total. The lowest BCUT2D eigenvalue weighted by Crippen LogP contribution is -2.47. The second-order valence-electron chi connectivity index (χ2n) is 3.81. The molecule has 0 radical (unpaired) electrons. The molecule has 84 valence electrons. The Kier molecular flexibility index (Phi) is 2.68. The fourth-order valence-corrected chi connectivity index (χ4v) is 2.61. The number of carbonyl (C=O) groups is 1. The highest BCUT2D eigenvalue weighted by Gasteiger charge is 2.45. The van der Waals surface area contributed by atoms with Crippen LogP contribution in [0.15, 0.2) is 0 Å². The summed E-state index contributed by atoms with van der Waals surface area (Å²) in [7, 11) is 0. The molecular formula is C8H11ClN2O4. The maximum atomic E-state index is 11.5. The first kappa shape index (κ1) is 10.5. The van der Waals surface area contributed by atoms with Gasteiger partial charge >= 0.3 is 0 Å². The van der Waals surface area contributed by atoms with Gasteiger partial charge in [0.25, 0.3) is 5.09 Å². The summed E-state index contributed by atoms with van der Waals surface area (Å²) in [6.07, 6.45) is 1.27. The average molecular weight is 235 g/mol. The van der Waals surface area contributed by atoms with Crippen LogP contribution >= 0.6 is 11.6 Å². The van der Waals surface area contributed by atoms with Crippen molar-refractivity contribution < 1.29 is 14.7 Å². The zero-order valence-electron chi connectivity index (χ0n) is 7.97. The first-order valence-electron chi connectivity index (χ1n) is 4.85. The number of nitrogens with zero attached hydrogens (tertiary/aromatic N) is 2. The highest BCUT2D eigenvalue weighted by atomic mass is 35.5. The highest BCUT2D eigenvalue weighted by Crippen LogP contribution is 2.32. The molecule has 0 saturated carbocycles. The van der Waals surface area contributed by atoms with Crippen molar-refractivity contribution in [2.75, 3.05) is 6.54 Å². The third-order valence-corrected chi connectivity index (χ3v) is 3.30. The monoisotopic (exact) mass is 234 g/mol. The first-order chi connectivity index (χ1) is 7.09. The number of rotatable bonds is 2. The van der Waals surface area contributed by atoms with E-state index in [4.69, 9.17) is 11.6 Å². The smallest absolute Gasteiger partial charge is 0.294 e. The van der Waals surface area contributed by atoms with E-state index in [2.05, 4.69) is 4.84 Å². The summed E-state index contributed by atoms with van der Waals surface area (Å²) < 4.78 is 0. The summed E-state index contributed by atoms with van der Waals surface area (Å²) in [5.74, 6) is -0.127. The van der Waals surface area contributed by atoms with Crippen LogP contribution in [0.4, 0.5) is 0 Å². The third kappa shape index (κ3) is 1.86. The SMILES string of the molecule is O=C1[C@H](Cl)C[C@H]2[C@H](O[N+](=O)[O-])CCCN12. The average Bonchev–Trinajstić information content (AvgIpc) is 2.45. The fraction of sp³-hybridized carbons (Fsp3) is 0.875. The van der Waals surface area contributed by atoms with E-state index < -0.39 is 16.6 Å². The molecule has 2 aliphatic rings. The molecule has 2 fully saturated rings. The molecule has 0 aliphatic carbocycles. The Morgan fingerprint density at radius 1 is 1.60 bits per heavy atom. The van der Waals surface area contributed by atoms with Crippen LogP contribution in [0.3, 0.4) is 0 Å². The Morgan fingerprint density at radius 3 is 3.00 bits per heavy atom. The van der Waals surface area contributed by atoms with Crippen LogP contribution in [0.1, 0.15) is 19.3 Å². The molecular weight excluding hydrogens is 224 g/mol. The molecule has 0 aromatic heterocycles. The normalized spacial score (nSPS) is 35.1. The number of carbonyl (C=O) groups excluding carboxylic acids is 1. The van der Waals surface area contributed by atoms with Crippen molar-refractivity contribution in [2.24, 2.45) is 0 Å². The Morgan fingerprint density at radius 2 is 2.33 bits per heavy atom. The van der Waals surface area contributed by atoms with Crippen LogP contribution in [0.2, 0.25) is 0 Å². The van der Waals surface area contributed by atoms with Gasteiger partial charge < -0.3 is 9.74 Å². The van der Waals surface area contributed by atoms with E-state index in [0.717, 1.165) is 6.42 Å². The maximum absolute atomic E-state index is 11.5. The Balaban J connectivity index is 2.09. The van der Waals surface area contributed by atoms with Gasteiger partial charge in [0.1, 0.15) is 11.5 Å². The van der Waals surface area contributed by atoms with Crippen molar-refractivity contribution >= 4 is 17.5 Å². The van der Waals surface area contributed by atoms with Crippen LogP contribution in [0, 0.1) is 10.1 Å². The van der Waals surface area contributed by atoms with Crippen LogP contribution < -0.4 is 0 Å². The van der Waals surface area contributed by atoms with Crippen LogP contribution in [0.25, 0.3) is 0 Å². The Bertz CT molecular complexity index is 298. The summed E-state index contributed by atoms with van der Waals surface area (Å²) in [5, 5.41) is 8.92. The molecule has 1 amide bonds. The molecule has 0 bridgehead atoms. The molecule has 0 unspecified atom stereocenters. The van der Waals surface area contributed by atoms with Gasteiger partial charge in [0.05, 0.1) is 6.04 Å². The van der Waals surface area contributed by atoms with Gasteiger partial charge in [-0.25, -0.2) is 0 Å². The van der Waals surface area contributed by atoms with Crippen LogP contribution in [-0.2, 0) is 9.63 Å². The number of fused-ring (bicyclic) bond motifs is 1. The van der Waals surface area contributed by atoms with Crippen molar-refractivity contribution in [3.8, 4) is 0 Å². The summed E-state index contributed by atoms with van der Waals surface area (Å²) in [4.78, 5) is 28.0. The minimum Gasteiger partial charge on any atom is -0.336 e. The van der Waals surface area contributed by atoms with Gasteiger partial charge in [0.15, 0.2) is 0 Å². The van der Waals surface area contributed by atoms with Crippen LogP contribution in [-0.4, -0.2) is 40.0 Å². The fourth-order valence-electron chi connectivity index (χ4n) is 2.30. The molecule has 2 aliphatic heterocycles. The lowest BCUT2D eigenvalue weighted by Gasteiger charge is -2.34. The van der Waals surface area contributed by atoms with Gasteiger partial charge in [0, 0.05) is 6.54 Å². The predicted molar refractivity (Wildman–Crippen MR) is 50.9 cm³/mol. The van der Waals surface area contributed by atoms with Crippen molar-refractivity contribution in [3.63, 3.8) is 0 Å². The molecule has 15 heavy (non-hydrogen) atoms. The molecule has 0 aromatic carbocycles. The second-order valence-corrected chi connectivity index (χ2v) is 4.34. The number of halogens is 1. The van der Waals surface area contributed by atoms with Crippen molar-refractivity contribution in [3.05, 3.63) is 10.1 Å². The van der Waals surface area contributed by atoms with E-state index in [-0.39, 0.29) is 11.9 Å². The lowest BCUT2D eigenvalue weighted by atomic mass is 9.99. The highest BCUT2D eigenvalue weighted by molar-refractivity contribution is 6.31. The quantitative estimate of drug-likeness (QED) is 0.398. The molecule has 2 rings (SSSR count). The van der Waals surface area contributed by atoms with Gasteiger partial charge in [-0.2, -0.15) is 0 Å². The van der Waals surface area contributed by atoms with Gasteiger partial charge in [-0.3, -0.25) is 4.79 Å². The molecule has 0 spiro atoms. The summed E-state index contributed by atoms with van der Waals surface area (Å²) in [5.41, 5.74) is 0. The van der Waals surface area contributed by atoms with Gasteiger partial charge in [-0.15, -0.1) is 21.7 Å². The Labute approximate surface area is 91.2 Å². The van der Waals surface area contributed by atoms with E-state index in [1.165, 1.54) is 0 Å². The predicted octanol–water partition coefficient (Wildman–Crippen LogP) is 0.565. The van der Waals surface area contributed by atoms with Gasteiger partial charge in [-0.1, -0.05) is 0 Å². The number of amides is 1. The van der Waals surface area contributed by atoms with E-state index in [1.54, 1.807) is 4.90 Å². The van der Waals surface area contributed by atoms with E-state index in [0.29, 0.717) is 19.4 Å². The number of piperidine rings is 1. The zero-order valence-corrected chi connectivity index (χ0v) is 8.72. The largest absolute Gasteiger partial charge is 0.336 e. The molecule has 2 heterocycles. The van der Waals surface area contributed by atoms with Crippen molar-refractivity contribution in [2.45, 2.75) is 36.8 Å². The maximum Gasteiger partial charge on any atom is 0.294 e. The topological polar surface area (TPSA) is 72.7 Å². The van der Waals surface area contributed by atoms with E-state index >= 15 is 0 Å². The zero-order chi connectivity index (χ0) is 11.0.